The van der Waals surface area contributed by atoms with Gasteiger partial charge in [-0.2, -0.15) is 5.10 Å². The fraction of sp³-hybridized carbons (Fsp3) is 0.615. The van der Waals surface area contributed by atoms with Gasteiger partial charge < -0.3 is 16.0 Å². The first-order valence-corrected chi connectivity index (χ1v) is 6.98. The zero-order valence-electron chi connectivity index (χ0n) is 11.9. The number of aryl methyl sites for hydroxylation is 1. The average Bonchev–Trinajstić information content (AvgIpc) is 2.94. The molecule has 20 heavy (non-hydrogen) atoms. The van der Waals surface area contributed by atoms with Crippen LogP contribution in [0, 0.1) is 0 Å². The standard InChI is InChI=1S/C13H23N5O2/c1-2-6-14-12(19)5-9-16-13(20)15-7-3-10-18-11-4-8-17-18/h4,8,11H,2-3,5-7,9-10H2,1H3,(H,14,19)(H2,15,16,20). The van der Waals surface area contributed by atoms with Crippen LogP contribution in [0.1, 0.15) is 26.2 Å². The normalized spacial score (nSPS) is 10.1. The van der Waals surface area contributed by atoms with Crippen molar-refractivity contribution >= 4 is 11.9 Å². The summed E-state index contributed by atoms with van der Waals surface area (Å²) in [4.78, 5) is 22.7. The maximum Gasteiger partial charge on any atom is 0.314 e. The predicted octanol–water partition coefficient (Wildman–Crippen LogP) is 0.489. The van der Waals surface area contributed by atoms with Crippen LogP contribution < -0.4 is 16.0 Å². The number of urea groups is 1. The first-order valence-electron chi connectivity index (χ1n) is 6.98. The minimum atomic E-state index is -0.242. The highest BCUT2D eigenvalue weighted by atomic mass is 16.2. The van der Waals surface area contributed by atoms with Crippen LogP contribution in [-0.2, 0) is 11.3 Å². The van der Waals surface area contributed by atoms with Gasteiger partial charge in [0.05, 0.1) is 0 Å². The Kier molecular flexibility index (Phi) is 7.86. The van der Waals surface area contributed by atoms with Crippen LogP contribution in [0.4, 0.5) is 4.79 Å². The largest absolute Gasteiger partial charge is 0.356 e. The van der Waals surface area contributed by atoms with Crippen molar-refractivity contribution in [2.45, 2.75) is 32.7 Å². The van der Waals surface area contributed by atoms with Crippen LogP contribution in [0.25, 0.3) is 0 Å². The van der Waals surface area contributed by atoms with Crippen LogP contribution in [0.5, 0.6) is 0 Å². The number of aromatic nitrogens is 2. The molecule has 1 rings (SSSR count). The third-order valence-electron chi connectivity index (χ3n) is 2.62. The maximum atomic E-state index is 11.4. The number of nitrogens with one attached hydrogen (secondary N) is 3. The highest BCUT2D eigenvalue weighted by Crippen LogP contribution is 1.87. The Labute approximate surface area is 119 Å². The molecule has 0 aliphatic carbocycles. The summed E-state index contributed by atoms with van der Waals surface area (Å²) in [7, 11) is 0. The smallest absolute Gasteiger partial charge is 0.314 e. The van der Waals surface area contributed by atoms with E-state index in [1.807, 2.05) is 23.9 Å². The SMILES string of the molecule is CCCNC(=O)CCNC(=O)NCCCn1cccn1. The summed E-state index contributed by atoms with van der Waals surface area (Å²) in [5.74, 6) is -0.0363. The van der Waals surface area contributed by atoms with E-state index in [2.05, 4.69) is 21.0 Å². The first kappa shape index (κ1) is 16.0. The molecule has 0 aliphatic rings. The topological polar surface area (TPSA) is 88.0 Å². The van der Waals surface area contributed by atoms with Crippen LogP contribution in [0.15, 0.2) is 18.5 Å². The molecule has 0 saturated carbocycles. The molecule has 0 spiro atoms. The summed E-state index contributed by atoms with van der Waals surface area (Å²) in [6.45, 7) is 4.37. The van der Waals surface area contributed by atoms with E-state index in [9.17, 15) is 9.59 Å². The molecule has 7 heteroatoms. The van der Waals surface area contributed by atoms with Crippen molar-refractivity contribution in [2.24, 2.45) is 0 Å². The van der Waals surface area contributed by atoms with E-state index < -0.39 is 0 Å². The number of carbonyl (C=O) groups excluding carboxylic acids is 2. The lowest BCUT2D eigenvalue weighted by Crippen LogP contribution is -2.38. The zero-order chi connectivity index (χ0) is 14.6. The Bertz CT molecular complexity index is 391. The molecular formula is C13H23N5O2. The Balaban J connectivity index is 1.96. The van der Waals surface area contributed by atoms with Gasteiger partial charge in [-0.15, -0.1) is 0 Å². The van der Waals surface area contributed by atoms with Gasteiger partial charge in [0.1, 0.15) is 0 Å². The van der Waals surface area contributed by atoms with Crippen molar-refractivity contribution in [3.63, 3.8) is 0 Å². The lowest BCUT2D eigenvalue weighted by Gasteiger charge is -2.08. The second-order valence-corrected chi connectivity index (χ2v) is 4.41. The number of hydrogen-bond acceptors (Lipinski definition) is 3. The summed E-state index contributed by atoms with van der Waals surface area (Å²) < 4.78 is 1.82. The number of carbonyl (C=O) groups is 2. The Morgan fingerprint density at radius 1 is 1.15 bits per heavy atom. The molecule has 0 aliphatic heterocycles. The van der Waals surface area contributed by atoms with E-state index >= 15 is 0 Å². The third-order valence-corrected chi connectivity index (χ3v) is 2.62. The lowest BCUT2D eigenvalue weighted by molar-refractivity contribution is -0.120. The van der Waals surface area contributed by atoms with Crippen molar-refractivity contribution in [1.29, 1.82) is 0 Å². The van der Waals surface area contributed by atoms with Crippen molar-refractivity contribution in [1.82, 2.24) is 25.7 Å². The van der Waals surface area contributed by atoms with Crippen molar-refractivity contribution < 1.29 is 9.59 Å². The number of hydrogen-bond donors (Lipinski definition) is 3. The summed E-state index contributed by atoms with van der Waals surface area (Å²) in [5, 5.41) is 12.2. The molecule has 3 amide bonds. The van der Waals surface area contributed by atoms with E-state index in [1.54, 1.807) is 6.20 Å². The van der Waals surface area contributed by atoms with Crippen LogP contribution in [-0.4, -0.2) is 41.4 Å². The maximum absolute atomic E-state index is 11.4. The van der Waals surface area contributed by atoms with Gasteiger partial charge in [-0.25, -0.2) is 4.79 Å². The number of amides is 3. The van der Waals surface area contributed by atoms with Gasteiger partial charge in [0.2, 0.25) is 5.91 Å². The highest BCUT2D eigenvalue weighted by Gasteiger charge is 2.02. The van der Waals surface area contributed by atoms with E-state index in [0.717, 1.165) is 19.4 Å². The Morgan fingerprint density at radius 3 is 2.65 bits per heavy atom. The van der Waals surface area contributed by atoms with Gasteiger partial charge in [-0.05, 0) is 18.9 Å². The van der Waals surface area contributed by atoms with E-state index in [1.165, 1.54) is 0 Å². The van der Waals surface area contributed by atoms with Crippen molar-refractivity contribution in [3.8, 4) is 0 Å². The van der Waals surface area contributed by atoms with E-state index in [-0.39, 0.29) is 11.9 Å². The van der Waals surface area contributed by atoms with Gasteiger partial charge in [0.25, 0.3) is 0 Å². The number of rotatable bonds is 9. The summed E-state index contributed by atoms with van der Waals surface area (Å²) >= 11 is 0. The average molecular weight is 281 g/mol. The summed E-state index contributed by atoms with van der Waals surface area (Å²) in [5.41, 5.74) is 0. The van der Waals surface area contributed by atoms with Crippen LogP contribution in [0.3, 0.4) is 0 Å². The molecule has 0 bridgehead atoms. The molecule has 112 valence electrons. The second-order valence-electron chi connectivity index (χ2n) is 4.41. The van der Waals surface area contributed by atoms with Crippen LogP contribution in [0.2, 0.25) is 0 Å². The van der Waals surface area contributed by atoms with Gasteiger partial charge in [-0.1, -0.05) is 6.92 Å². The minimum absolute atomic E-state index is 0.0363. The monoisotopic (exact) mass is 281 g/mol. The predicted molar refractivity (Wildman–Crippen MR) is 76.2 cm³/mol. The van der Waals surface area contributed by atoms with Crippen molar-refractivity contribution in [2.75, 3.05) is 19.6 Å². The van der Waals surface area contributed by atoms with Crippen molar-refractivity contribution in [3.05, 3.63) is 18.5 Å². The van der Waals surface area contributed by atoms with Gasteiger partial charge in [0, 0.05) is 45.0 Å². The molecule has 0 atom stereocenters. The molecule has 0 aromatic carbocycles. The molecule has 1 heterocycles. The summed E-state index contributed by atoms with van der Waals surface area (Å²) in [6, 6.07) is 1.62. The first-order chi connectivity index (χ1) is 9.72. The van der Waals surface area contributed by atoms with Crippen LogP contribution >= 0.6 is 0 Å². The Hall–Kier alpha value is -2.05. The molecule has 7 nitrogen and oxygen atoms in total. The zero-order valence-corrected chi connectivity index (χ0v) is 11.9. The molecule has 1 aromatic rings. The second kappa shape index (κ2) is 9.82. The highest BCUT2D eigenvalue weighted by molar-refractivity contribution is 5.78. The minimum Gasteiger partial charge on any atom is -0.356 e. The summed E-state index contributed by atoms with van der Waals surface area (Å²) in [6.07, 6.45) is 5.64. The molecule has 0 radical (unpaired) electrons. The van der Waals surface area contributed by atoms with Gasteiger partial charge in [0.15, 0.2) is 0 Å². The van der Waals surface area contributed by atoms with E-state index in [4.69, 9.17) is 0 Å². The fourth-order valence-corrected chi connectivity index (χ4v) is 1.58. The van der Waals surface area contributed by atoms with E-state index in [0.29, 0.717) is 26.1 Å². The molecule has 3 N–H and O–H groups in total. The van der Waals surface area contributed by atoms with Gasteiger partial charge >= 0.3 is 6.03 Å². The fourth-order valence-electron chi connectivity index (χ4n) is 1.58. The lowest BCUT2D eigenvalue weighted by atomic mass is 10.4. The molecule has 0 unspecified atom stereocenters. The quantitative estimate of drug-likeness (QED) is 0.576. The number of nitrogens with zero attached hydrogens (tertiary/aromatic N) is 2. The third kappa shape index (κ3) is 7.40. The molecular weight excluding hydrogens is 258 g/mol. The van der Waals surface area contributed by atoms with Gasteiger partial charge in [-0.3, -0.25) is 9.48 Å². The Morgan fingerprint density at radius 2 is 1.95 bits per heavy atom. The molecule has 0 fully saturated rings. The molecule has 0 saturated heterocycles. The molecule has 1 aromatic heterocycles.